The predicted octanol–water partition coefficient (Wildman–Crippen LogP) is 2.85. The van der Waals surface area contributed by atoms with Crippen molar-refractivity contribution in [3.8, 4) is 0 Å². The third kappa shape index (κ3) is 2.44. The number of unbranched alkanes of at least 4 members (excludes halogenated alkanes) is 1. The molecule has 0 radical (unpaired) electrons. The lowest BCUT2D eigenvalue weighted by Crippen LogP contribution is -2.45. The summed E-state index contributed by atoms with van der Waals surface area (Å²) >= 11 is 0. The SMILES string of the molecule is CCCC[C@]1(OCC)O[C@@H](C)[C@H]2OC(C)(C)O[C@H]21. The van der Waals surface area contributed by atoms with Crippen LogP contribution in [0.1, 0.15) is 53.9 Å². The molecular weight excluding hydrogens is 232 g/mol. The quantitative estimate of drug-likeness (QED) is 0.760. The normalized spacial score (nSPS) is 42.2. The summed E-state index contributed by atoms with van der Waals surface area (Å²) in [6.07, 6.45) is 2.92. The number of rotatable bonds is 5. The lowest BCUT2D eigenvalue weighted by molar-refractivity contribution is -0.292. The van der Waals surface area contributed by atoms with Gasteiger partial charge in [0.25, 0.3) is 0 Å². The zero-order valence-electron chi connectivity index (χ0n) is 12.2. The van der Waals surface area contributed by atoms with Crippen molar-refractivity contribution >= 4 is 0 Å². The minimum atomic E-state index is -0.622. The first-order valence-corrected chi connectivity index (χ1v) is 7.11. The Kier molecular flexibility index (Phi) is 4.02. The first-order chi connectivity index (χ1) is 8.44. The van der Waals surface area contributed by atoms with Gasteiger partial charge in [0.15, 0.2) is 11.6 Å². The fourth-order valence-electron chi connectivity index (χ4n) is 2.98. The largest absolute Gasteiger partial charge is 0.348 e. The van der Waals surface area contributed by atoms with Gasteiger partial charge in [-0.15, -0.1) is 0 Å². The Morgan fingerprint density at radius 1 is 1.11 bits per heavy atom. The van der Waals surface area contributed by atoms with Crippen LogP contribution < -0.4 is 0 Å². The zero-order chi connectivity index (χ0) is 13.4. The van der Waals surface area contributed by atoms with E-state index in [2.05, 4.69) is 6.92 Å². The monoisotopic (exact) mass is 258 g/mol. The second-order valence-corrected chi connectivity index (χ2v) is 5.69. The van der Waals surface area contributed by atoms with Gasteiger partial charge in [-0.1, -0.05) is 13.3 Å². The highest BCUT2D eigenvalue weighted by Gasteiger charge is 2.62. The number of hydrogen-bond acceptors (Lipinski definition) is 4. The summed E-state index contributed by atoms with van der Waals surface area (Å²) in [4.78, 5) is 0. The smallest absolute Gasteiger partial charge is 0.197 e. The molecule has 0 amide bonds. The minimum absolute atomic E-state index is 0.0141. The molecule has 4 heteroatoms. The van der Waals surface area contributed by atoms with E-state index < -0.39 is 11.6 Å². The average Bonchev–Trinajstić information content (AvgIpc) is 2.73. The molecule has 0 aromatic carbocycles. The third-order valence-corrected chi connectivity index (χ3v) is 3.68. The van der Waals surface area contributed by atoms with E-state index in [-0.39, 0.29) is 18.3 Å². The summed E-state index contributed by atoms with van der Waals surface area (Å²) in [7, 11) is 0. The van der Waals surface area contributed by atoms with Gasteiger partial charge in [0, 0.05) is 13.0 Å². The van der Waals surface area contributed by atoms with Gasteiger partial charge < -0.3 is 18.9 Å². The molecule has 0 aliphatic carbocycles. The van der Waals surface area contributed by atoms with Crippen LogP contribution in [0.15, 0.2) is 0 Å². The lowest BCUT2D eigenvalue weighted by atomic mass is 10.00. The molecule has 2 heterocycles. The summed E-state index contributed by atoms with van der Waals surface area (Å²) in [5.41, 5.74) is 0. The molecule has 0 spiro atoms. The van der Waals surface area contributed by atoms with Crippen molar-refractivity contribution in [2.24, 2.45) is 0 Å². The maximum absolute atomic E-state index is 6.08. The maximum atomic E-state index is 6.08. The summed E-state index contributed by atoms with van der Waals surface area (Å²) in [5.74, 6) is -1.16. The van der Waals surface area contributed by atoms with E-state index in [1.807, 2.05) is 27.7 Å². The second-order valence-electron chi connectivity index (χ2n) is 5.69. The van der Waals surface area contributed by atoms with E-state index in [9.17, 15) is 0 Å². The van der Waals surface area contributed by atoms with Crippen molar-refractivity contribution in [3.05, 3.63) is 0 Å². The standard InChI is InChI=1S/C14H26O4/c1-6-8-9-14(15-7-2)12-11(10(3)16-14)17-13(4,5)18-12/h10-12H,6-9H2,1-5H3/t10-,11+,12+,14-/m0/s1. The molecule has 0 N–H and O–H groups in total. The number of ether oxygens (including phenoxy) is 4. The Balaban J connectivity index is 2.19. The van der Waals surface area contributed by atoms with Crippen LogP contribution in [-0.4, -0.2) is 36.5 Å². The van der Waals surface area contributed by atoms with E-state index >= 15 is 0 Å². The summed E-state index contributed by atoms with van der Waals surface area (Å²) in [5, 5.41) is 0. The molecule has 18 heavy (non-hydrogen) atoms. The van der Waals surface area contributed by atoms with Crippen molar-refractivity contribution < 1.29 is 18.9 Å². The van der Waals surface area contributed by atoms with Gasteiger partial charge >= 0.3 is 0 Å². The summed E-state index contributed by atoms with van der Waals surface area (Å²) in [6, 6.07) is 0. The first-order valence-electron chi connectivity index (χ1n) is 7.11. The fourth-order valence-corrected chi connectivity index (χ4v) is 2.98. The van der Waals surface area contributed by atoms with Crippen LogP contribution in [0, 0.1) is 0 Å². The number of hydrogen-bond donors (Lipinski definition) is 0. The molecule has 0 saturated carbocycles. The molecule has 4 atom stereocenters. The van der Waals surface area contributed by atoms with Gasteiger partial charge in [-0.2, -0.15) is 0 Å². The average molecular weight is 258 g/mol. The van der Waals surface area contributed by atoms with Crippen molar-refractivity contribution in [1.29, 1.82) is 0 Å². The van der Waals surface area contributed by atoms with Crippen LogP contribution >= 0.6 is 0 Å². The Hall–Kier alpha value is -0.160. The Bertz CT molecular complexity index is 292. The molecular formula is C14H26O4. The highest BCUT2D eigenvalue weighted by atomic mass is 16.8. The summed E-state index contributed by atoms with van der Waals surface area (Å²) in [6.45, 7) is 10.7. The van der Waals surface area contributed by atoms with Crippen LogP contribution in [0.25, 0.3) is 0 Å². The van der Waals surface area contributed by atoms with E-state index in [1.54, 1.807) is 0 Å². The molecule has 0 aromatic rings. The van der Waals surface area contributed by atoms with E-state index in [0.717, 1.165) is 19.3 Å². The maximum Gasteiger partial charge on any atom is 0.197 e. The van der Waals surface area contributed by atoms with E-state index in [1.165, 1.54) is 0 Å². The van der Waals surface area contributed by atoms with Gasteiger partial charge in [-0.05, 0) is 34.1 Å². The first kappa shape index (κ1) is 14.3. The Morgan fingerprint density at radius 2 is 1.83 bits per heavy atom. The van der Waals surface area contributed by atoms with Crippen LogP contribution in [0.4, 0.5) is 0 Å². The van der Waals surface area contributed by atoms with Crippen LogP contribution in [0.5, 0.6) is 0 Å². The van der Waals surface area contributed by atoms with Gasteiger partial charge in [0.1, 0.15) is 12.2 Å². The molecule has 2 fully saturated rings. The molecule has 106 valence electrons. The molecule has 2 aliphatic heterocycles. The molecule has 4 nitrogen and oxygen atoms in total. The Morgan fingerprint density at radius 3 is 2.44 bits per heavy atom. The second kappa shape index (κ2) is 5.08. The molecule has 2 aliphatic rings. The minimum Gasteiger partial charge on any atom is -0.348 e. The highest BCUT2D eigenvalue weighted by Crippen LogP contribution is 2.46. The zero-order valence-corrected chi connectivity index (χ0v) is 12.2. The van der Waals surface area contributed by atoms with Crippen molar-refractivity contribution in [2.45, 2.75) is 83.8 Å². The Labute approximate surface area is 110 Å². The van der Waals surface area contributed by atoms with Gasteiger partial charge in [0.2, 0.25) is 0 Å². The van der Waals surface area contributed by atoms with E-state index in [4.69, 9.17) is 18.9 Å². The molecule has 0 aromatic heterocycles. The van der Waals surface area contributed by atoms with Gasteiger partial charge in [-0.3, -0.25) is 0 Å². The molecule has 2 saturated heterocycles. The third-order valence-electron chi connectivity index (χ3n) is 3.68. The van der Waals surface area contributed by atoms with Crippen LogP contribution in [0.3, 0.4) is 0 Å². The van der Waals surface area contributed by atoms with E-state index in [0.29, 0.717) is 6.61 Å². The van der Waals surface area contributed by atoms with Crippen LogP contribution in [-0.2, 0) is 18.9 Å². The lowest BCUT2D eigenvalue weighted by Gasteiger charge is -2.34. The predicted molar refractivity (Wildman–Crippen MR) is 68.3 cm³/mol. The van der Waals surface area contributed by atoms with Crippen molar-refractivity contribution in [1.82, 2.24) is 0 Å². The van der Waals surface area contributed by atoms with Crippen molar-refractivity contribution in [2.75, 3.05) is 6.61 Å². The highest BCUT2D eigenvalue weighted by molar-refractivity contribution is 5.01. The number of fused-ring (bicyclic) bond motifs is 1. The molecule has 0 bridgehead atoms. The van der Waals surface area contributed by atoms with Crippen LogP contribution in [0.2, 0.25) is 0 Å². The molecule has 0 unspecified atom stereocenters. The molecule has 2 rings (SSSR count). The van der Waals surface area contributed by atoms with Gasteiger partial charge in [0.05, 0.1) is 6.10 Å². The topological polar surface area (TPSA) is 36.9 Å². The summed E-state index contributed by atoms with van der Waals surface area (Å²) < 4.78 is 24.0. The van der Waals surface area contributed by atoms with Gasteiger partial charge in [-0.25, -0.2) is 0 Å². The van der Waals surface area contributed by atoms with Crippen molar-refractivity contribution in [3.63, 3.8) is 0 Å². The fraction of sp³-hybridized carbons (Fsp3) is 1.00.